The van der Waals surface area contributed by atoms with Crippen LogP contribution in [0.2, 0.25) is 0 Å². The van der Waals surface area contributed by atoms with Crippen LogP contribution in [-0.2, 0) is 16.6 Å². The van der Waals surface area contributed by atoms with Crippen LogP contribution in [0.1, 0.15) is 36.8 Å². The molecule has 3 rings (SSSR count). The van der Waals surface area contributed by atoms with Crippen LogP contribution in [-0.4, -0.2) is 11.1 Å². The van der Waals surface area contributed by atoms with Crippen molar-refractivity contribution in [2.45, 2.75) is 37.5 Å². The number of aliphatic carboxylic acids is 1. The molecule has 1 aromatic carbocycles. The minimum atomic E-state index is -0.621. The van der Waals surface area contributed by atoms with E-state index in [0.29, 0.717) is 5.92 Å². The van der Waals surface area contributed by atoms with E-state index in [9.17, 15) is 9.90 Å². The number of aryl methyl sites for hydroxylation is 1. The molecule has 84 valence electrons. The average molecular weight is 216 g/mol. The third-order valence-corrected chi connectivity index (χ3v) is 4.10. The molecule has 0 spiro atoms. The van der Waals surface area contributed by atoms with Gasteiger partial charge in [-0.05, 0) is 36.3 Å². The molecular weight excluding hydrogens is 200 g/mol. The molecule has 1 aromatic rings. The quantitative estimate of drug-likeness (QED) is 0.843. The van der Waals surface area contributed by atoms with Gasteiger partial charge in [0.15, 0.2) is 0 Å². The van der Waals surface area contributed by atoms with Crippen LogP contribution in [0.4, 0.5) is 0 Å². The highest BCUT2D eigenvalue weighted by Gasteiger charge is 2.48. The van der Waals surface area contributed by atoms with E-state index in [1.165, 1.54) is 18.4 Å². The lowest BCUT2D eigenvalue weighted by molar-refractivity contribution is -0.144. The molecule has 1 fully saturated rings. The van der Waals surface area contributed by atoms with Gasteiger partial charge in [0, 0.05) is 0 Å². The van der Waals surface area contributed by atoms with Crippen molar-refractivity contribution in [2.24, 2.45) is 5.92 Å². The van der Waals surface area contributed by atoms with Gasteiger partial charge in [0.1, 0.15) is 0 Å². The summed E-state index contributed by atoms with van der Waals surface area (Å²) in [5.74, 6) is 0.0339. The van der Waals surface area contributed by atoms with Gasteiger partial charge in [-0.2, -0.15) is 0 Å². The number of hydrogen-bond acceptors (Lipinski definition) is 1. The lowest BCUT2D eigenvalue weighted by Crippen LogP contribution is -2.34. The summed E-state index contributed by atoms with van der Waals surface area (Å²) in [5, 5.41) is 9.59. The number of carboxylic acid groups (broad SMARTS) is 1. The smallest absolute Gasteiger partial charge is 0.314 e. The number of fused-ring (bicyclic) bond motifs is 1. The van der Waals surface area contributed by atoms with E-state index in [4.69, 9.17) is 0 Å². The zero-order valence-corrected chi connectivity index (χ0v) is 9.28. The molecule has 1 unspecified atom stereocenters. The highest BCUT2D eigenvalue weighted by molar-refractivity contribution is 5.83. The van der Waals surface area contributed by atoms with Crippen molar-refractivity contribution in [3.05, 3.63) is 35.4 Å². The topological polar surface area (TPSA) is 37.3 Å². The molecule has 1 N–H and O–H groups in total. The molecule has 0 saturated heterocycles. The Hall–Kier alpha value is -1.31. The van der Waals surface area contributed by atoms with Crippen LogP contribution < -0.4 is 0 Å². The summed E-state index contributed by atoms with van der Waals surface area (Å²) in [4.78, 5) is 11.6. The molecule has 2 aliphatic carbocycles. The fourth-order valence-electron chi connectivity index (χ4n) is 3.02. The Morgan fingerprint density at radius 2 is 2.12 bits per heavy atom. The standard InChI is InChI=1S/C14H16O2/c15-13(16)14(9-10-5-6-10)8-7-11-3-1-2-4-12(11)14/h1-4,10H,5-9H2,(H,15,16). The van der Waals surface area contributed by atoms with Gasteiger partial charge in [-0.15, -0.1) is 0 Å². The zero-order valence-electron chi connectivity index (χ0n) is 9.28. The van der Waals surface area contributed by atoms with E-state index < -0.39 is 11.4 Å². The molecule has 1 saturated carbocycles. The van der Waals surface area contributed by atoms with Crippen LogP contribution in [0, 0.1) is 5.92 Å². The maximum Gasteiger partial charge on any atom is 0.314 e. The Morgan fingerprint density at radius 3 is 2.81 bits per heavy atom. The molecule has 0 amide bonds. The molecule has 2 heteroatoms. The van der Waals surface area contributed by atoms with Gasteiger partial charge in [0.2, 0.25) is 0 Å². The molecule has 1 atom stereocenters. The molecule has 2 aliphatic rings. The summed E-state index contributed by atoms with van der Waals surface area (Å²) >= 11 is 0. The highest BCUT2D eigenvalue weighted by atomic mass is 16.4. The second-order valence-electron chi connectivity index (χ2n) is 5.19. The first-order valence-corrected chi connectivity index (χ1v) is 6.04. The molecule has 0 aliphatic heterocycles. The van der Waals surface area contributed by atoms with Gasteiger partial charge >= 0.3 is 5.97 Å². The first-order chi connectivity index (χ1) is 7.72. The molecule has 0 heterocycles. The summed E-state index contributed by atoms with van der Waals surface area (Å²) in [5.41, 5.74) is 1.75. The van der Waals surface area contributed by atoms with E-state index >= 15 is 0 Å². The Morgan fingerprint density at radius 1 is 1.38 bits per heavy atom. The summed E-state index contributed by atoms with van der Waals surface area (Å²) in [7, 11) is 0. The summed E-state index contributed by atoms with van der Waals surface area (Å²) in [6.07, 6.45) is 5.00. The third-order valence-electron chi connectivity index (χ3n) is 4.10. The first kappa shape index (κ1) is 9.88. The van der Waals surface area contributed by atoms with Crippen molar-refractivity contribution in [2.75, 3.05) is 0 Å². The molecular formula is C14H16O2. The van der Waals surface area contributed by atoms with Crippen molar-refractivity contribution in [3.8, 4) is 0 Å². The van der Waals surface area contributed by atoms with E-state index in [-0.39, 0.29) is 0 Å². The van der Waals surface area contributed by atoms with Crippen molar-refractivity contribution in [1.82, 2.24) is 0 Å². The number of carboxylic acids is 1. The van der Waals surface area contributed by atoms with E-state index in [0.717, 1.165) is 24.8 Å². The van der Waals surface area contributed by atoms with Gasteiger partial charge in [0.25, 0.3) is 0 Å². The van der Waals surface area contributed by atoms with Crippen LogP contribution in [0.25, 0.3) is 0 Å². The minimum Gasteiger partial charge on any atom is -0.481 e. The second kappa shape index (κ2) is 3.34. The van der Waals surface area contributed by atoms with Gasteiger partial charge < -0.3 is 5.11 Å². The largest absolute Gasteiger partial charge is 0.481 e. The van der Waals surface area contributed by atoms with Crippen molar-refractivity contribution in [3.63, 3.8) is 0 Å². The lowest BCUT2D eigenvalue weighted by Gasteiger charge is -2.25. The number of carbonyl (C=O) groups is 1. The number of rotatable bonds is 3. The fraction of sp³-hybridized carbons (Fsp3) is 0.500. The molecule has 0 aromatic heterocycles. The summed E-state index contributed by atoms with van der Waals surface area (Å²) in [6, 6.07) is 8.06. The van der Waals surface area contributed by atoms with Crippen molar-refractivity contribution in [1.29, 1.82) is 0 Å². The van der Waals surface area contributed by atoms with Crippen molar-refractivity contribution >= 4 is 5.97 Å². The normalized spacial score (nSPS) is 27.8. The SMILES string of the molecule is O=C(O)C1(CC2CC2)CCc2ccccc21. The third kappa shape index (κ3) is 1.36. The van der Waals surface area contributed by atoms with Crippen LogP contribution >= 0.6 is 0 Å². The predicted octanol–water partition coefficient (Wildman–Crippen LogP) is 2.76. The van der Waals surface area contributed by atoms with E-state index in [1.807, 2.05) is 18.2 Å². The van der Waals surface area contributed by atoms with Gasteiger partial charge in [-0.3, -0.25) is 4.79 Å². The Labute approximate surface area is 95.3 Å². The van der Waals surface area contributed by atoms with E-state index in [1.54, 1.807) is 0 Å². The van der Waals surface area contributed by atoms with E-state index in [2.05, 4.69) is 6.07 Å². The van der Waals surface area contributed by atoms with Crippen LogP contribution in [0.5, 0.6) is 0 Å². The van der Waals surface area contributed by atoms with Crippen LogP contribution in [0.3, 0.4) is 0 Å². The second-order valence-corrected chi connectivity index (χ2v) is 5.19. The maximum atomic E-state index is 11.6. The number of benzene rings is 1. The monoisotopic (exact) mass is 216 g/mol. The Balaban J connectivity index is 2.04. The fourth-order valence-corrected chi connectivity index (χ4v) is 3.02. The summed E-state index contributed by atoms with van der Waals surface area (Å²) < 4.78 is 0. The van der Waals surface area contributed by atoms with Gasteiger partial charge in [0.05, 0.1) is 5.41 Å². The zero-order chi connectivity index (χ0) is 11.2. The Kier molecular flexibility index (Phi) is 2.06. The molecule has 0 radical (unpaired) electrons. The number of hydrogen-bond donors (Lipinski definition) is 1. The predicted molar refractivity (Wildman–Crippen MR) is 61.4 cm³/mol. The van der Waals surface area contributed by atoms with Gasteiger partial charge in [-0.1, -0.05) is 37.1 Å². The molecule has 16 heavy (non-hydrogen) atoms. The van der Waals surface area contributed by atoms with Crippen LogP contribution in [0.15, 0.2) is 24.3 Å². The lowest BCUT2D eigenvalue weighted by atomic mass is 9.77. The molecule has 0 bridgehead atoms. The highest BCUT2D eigenvalue weighted by Crippen LogP contribution is 2.48. The van der Waals surface area contributed by atoms with Crippen molar-refractivity contribution < 1.29 is 9.90 Å². The minimum absolute atomic E-state index is 0.572. The first-order valence-electron chi connectivity index (χ1n) is 6.04. The molecule has 2 nitrogen and oxygen atoms in total. The maximum absolute atomic E-state index is 11.6. The average Bonchev–Trinajstić information content (AvgIpc) is 3.00. The van der Waals surface area contributed by atoms with Gasteiger partial charge in [-0.25, -0.2) is 0 Å². The Bertz CT molecular complexity index is 434. The summed E-state index contributed by atoms with van der Waals surface area (Å²) in [6.45, 7) is 0.